The summed E-state index contributed by atoms with van der Waals surface area (Å²) in [4.78, 5) is 2.26. The van der Waals surface area contributed by atoms with E-state index in [9.17, 15) is 9.50 Å². The molecule has 1 aliphatic rings. The molecule has 0 aliphatic carbocycles. The lowest BCUT2D eigenvalue weighted by Gasteiger charge is -2.23. The van der Waals surface area contributed by atoms with Crippen molar-refractivity contribution in [2.75, 3.05) is 26.2 Å². The van der Waals surface area contributed by atoms with E-state index in [0.717, 1.165) is 38.0 Å². The molecule has 20 heavy (non-hydrogen) atoms. The summed E-state index contributed by atoms with van der Waals surface area (Å²) < 4.78 is 13.9. The van der Waals surface area contributed by atoms with Crippen molar-refractivity contribution in [2.24, 2.45) is 0 Å². The van der Waals surface area contributed by atoms with Crippen LogP contribution in [0.1, 0.15) is 38.3 Å². The van der Waals surface area contributed by atoms with E-state index in [-0.39, 0.29) is 11.9 Å². The van der Waals surface area contributed by atoms with Gasteiger partial charge in [0.25, 0.3) is 0 Å². The molecule has 1 heterocycles. The smallest absolute Gasteiger partial charge is 0.127 e. The third-order valence-corrected chi connectivity index (χ3v) is 4.00. The molecule has 1 saturated heterocycles. The number of nitrogens with zero attached hydrogens (tertiary/aromatic N) is 1. The van der Waals surface area contributed by atoms with E-state index in [1.54, 1.807) is 6.07 Å². The van der Waals surface area contributed by atoms with Gasteiger partial charge in [0.1, 0.15) is 5.82 Å². The van der Waals surface area contributed by atoms with E-state index in [1.807, 2.05) is 26.0 Å². The van der Waals surface area contributed by atoms with Gasteiger partial charge in [0.2, 0.25) is 0 Å². The number of aliphatic hydroxyl groups is 1. The third-order valence-electron chi connectivity index (χ3n) is 4.00. The highest BCUT2D eigenvalue weighted by atomic mass is 19.1. The molecule has 3 nitrogen and oxygen atoms in total. The standard InChI is InChI=1S/C16H25FN2O/c1-3-18-15(13-6-4-5-7-14(13)17)8-10-19-11-9-16(2,20)12-19/h4-7,15,18,20H,3,8-12H2,1-2H3. The lowest BCUT2D eigenvalue weighted by Crippen LogP contribution is -2.32. The molecule has 0 aromatic heterocycles. The lowest BCUT2D eigenvalue weighted by atomic mass is 10.0. The Labute approximate surface area is 120 Å². The van der Waals surface area contributed by atoms with Crippen molar-refractivity contribution >= 4 is 0 Å². The van der Waals surface area contributed by atoms with E-state index >= 15 is 0 Å². The lowest BCUT2D eigenvalue weighted by molar-refractivity contribution is 0.0683. The molecule has 2 N–H and O–H groups in total. The molecule has 1 aromatic rings. The Hall–Kier alpha value is -0.970. The largest absolute Gasteiger partial charge is 0.389 e. The molecule has 1 aromatic carbocycles. The molecule has 112 valence electrons. The van der Waals surface area contributed by atoms with Gasteiger partial charge >= 0.3 is 0 Å². The molecular formula is C16H25FN2O. The second-order valence-electron chi connectivity index (χ2n) is 5.94. The van der Waals surface area contributed by atoms with Gasteiger partial charge in [-0.05, 0) is 32.4 Å². The zero-order valence-electron chi connectivity index (χ0n) is 12.4. The summed E-state index contributed by atoms with van der Waals surface area (Å²) in [5, 5.41) is 13.3. The number of hydrogen-bond donors (Lipinski definition) is 2. The van der Waals surface area contributed by atoms with Gasteiger partial charge in [-0.15, -0.1) is 0 Å². The summed E-state index contributed by atoms with van der Waals surface area (Å²) in [7, 11) is 0. The highest BCUT2D eigenvalue weighted by Crippen LogP contribution is 2.24. The van der Waals surface area contributed by atoms with Crippen LogP contribution in [0.2, 0.25) is 0 Å². The number of benzene rings is 1. The molecule has 0 spiro atoms. The zero-order valence-corrected chi connectivity index (χ0v) is 12.4. The fraction of sp³-hybridized carbons (Fsp3) is 0.625. The second-order valence-corrected chi connectivity index (χ2v) is 5.94. The summed E-state index contributed by atoms with van der Waals surface area (Å²) in [5.41, 5.74) is 0.173. The van der Waals surface area contributed by atoms with Gasteiger partial charge in [0, 0.05) is 31.2 Å². The number of halogens is 1. The van der Waals surface area contributed by atoms with Crippen LogP contribution in [-0.2, 0) is 0 Å². The highest BCUT2D eigenvalue weighted by molar-refractivity contribution is 5.21. The normalized spacial score (nSPS) is 25.0. The minimum Gasteiger partial charge on any atom is -0.389 e. The maximum Gasteiger partial charge on any atom is 0.127 e. The van der Waals surface area contributed by atoms with Crippen molar-refractivity contribution in [1.29, 1.82) is 0 Å². The van der Waals surface area contributed by atoms with Gasteiger partial charge in [0.15, 0.2) is 0 Å². The van der Waals surface area contributed by atoms with Crippen LogP contribution in [0.15, 0.2) is 24.3 Å². The van der Waals surface area contributed by atoms with Crippen molar-refractivity contribution in [1.82, 2.24) is 10.2 Å². The Morgan fingerprint density at radius 2 is 2.20 bits per heavy atom. The molecule has 2 atom stereocenters. The molecule has 0 bridgehead atoms. The Morgan fingerprint density at radius 3 is 2.80 bits per heavy atom. The van der Waals surface area contributed by atoms with E-state index in [4.69, 9.17) is 0 Å². The van der Waals surface area contributed by atoms with Crippen molar-refractivity contribution in [3.05, 3.63) is 35.6 Å². The quantitative estimate of drug-likeness (QED) is 0.839. The Bertz CT molecular complexity index is 436. The number of likely N-dealkylation sites (tertiary alicyclic amines) is 1. The fourth-order valence-electron chi connectivity index (χ4n) is 2.91. The minimum absolute atomic E-state index is 0.0340. The van der Waals surface area contributed by atoms with Gasteiger partial charge in [-0.1, -0.05) is 25.1 Å². The summed E-state index contributed by atoms with van der Waals surface area (Å²) in [6, 6.07) is 7.00. The molecule has 1 aliphatic heterocycles. The van der Waals surface area contributed by atoms with Crippen LogP contribution < -0.4 is 5.32 Å². The topological polar surface area (TPSA) is 35.5 Å². The van der Waals surface area contributed by atoms with Gasteiger partial charge in [-0.2, -0.15) is 0 Å². The number of β-amino-alcohol motifs (C(OH)–C–C–N with tert-alkyl or cyclic N) is 1. The van der Waals surface area contributed by atoms with Crippen LogP contribution in [0.25, 0.3) is 0 Å². The first-order chi connectivity index (χ1) is 9.52. The van der Waals surface area contributed by atoms with Crippen molar-refractivity contribution in [3.63, 3.8) is 0 Å². The third kappa shape index (κ3) is 4.01. The van der Waals surface area contributed by atoms with Gasteiger partial charge < -0.3 is 15.3 Å². The van der Waals surface area contributed by atoms with Crippen molar-refractivity contribution in [2.45, 2.75) is 38.3 Å². The molecule has 1 fully saturated rings. The molecule has 2 unspecified atom stereocenters. The first kappa shape index (κ1) is 15.4. The van der Waals surface area contributed by atoms with E-state index < -0.39 is 5.60 Å². The Kier molecular flexibility index (Phi) is 5.13. The number of hydrogen-bond acceptors (Lipinski definition) is 3. The zero-order chi connectivity index (χ0) is 14.6. The van der Waals surface area contributed by atoms with Crippen LogP contribution in [0, 0.1) is 5.82 Å². The predicted molar refractivity (Wildman–Crippen MR) is 79.1 cm³/mol. The molecule has 0 radical (unpaired) electrons. The fourth-order valence-corrected chi connectivity index (χ4v) is 2.91. The van der Waals surface area contributed by atoms with Crippen LogP contribution in [0.4, 0.5) is 4.39 Å². The predicted octanol–water partition coefficient (Wildman–Crippen LogP) is 2.32. The van der Waals surface area contributed by atoms with Crippen molar-refractivity contribution in [3.8, 4) is 0 Å². The maximum absolute atomic E-state index is 13.9. The van der Waals surface area contributed by atoms with E-state index in [1.165, 1.54) is 6.07 Å². The molecule has 0 amide bonds. The summed E-state index contributed by atoms with van der Waals surface area (Å²) in [6.45, 7) is 7.24. The van der Waals surface area contributed by atoms with Crippen LogP contribution in [0.3, 0.4) is 0 Å². The summed E-state index contributed by atoms with van der Waals surface area (Å²) in [5.74, 6) is -0.146. The average molecular weight is 280 g/mol. The van der Waals surface area contributed by atoms with Crippen LogP contribution in [0.5, 0.6) is 0 Å². The Morgan fingerprint density at radius 1 is 1.45 bits per heavy atom. The van der Waals surface area contributed by atoms with Crippen molar-refractivity contribution < 1.29 is 9.50 Å². The first-order valence-electron chi connectivity index (χ1n) is 7.44. The molecule has 0 saturated carbocycles. The number of nitrogens with one attached hydrogen (secondary N) is 1. The second kappa shape index (κ2) is 6.66. The summed E-state index contributed by atoms with van der Waals surface area (Å²) in [6.07, 6.45) is 1.67. The monoisotopic (exact) mass is 280 g/mol. The molecular weight excluding hydrogens is 255 g/mol. The SMILES string of the molecule is CCNC(CCN1CCC(C)(O)C1)c1ccccc1F. The van der Waals surface area contributed by atoms with Gasteiger partial charge in [-0.25, -0.2) is 4.39 Å². The van der Waals surface area contributed by atoms with Crippen LogP contribution >= 0.6 is 0 Å². The Balaban J connectivity index is 1.95. The summed E-state index contributed by atoms with van der Waals surface area (Å²) >= 11 is 0. The maximum atomic E-state index is 13.9. The average Bonchev–Trinajstić information content (AvgIpc) is 2.75. The van der Waals surface area contributed by atoms with Gasteiger partial charge in [0.05, 0.1) is 5.60 Å². The first-order valence-corrected chi connectivity index (χ1v) is 7.44. The highest BCUT2D eigenvalue weighted by Gasteiger charge is 2.31. The molecule has 4 heteroatoms. The van der Waals surface area contributed by atoms with E-state index in [0.29, 0.717) is 6.54 Å². The molecule has 2 rings (SSSR count). The van der Waals surface area contributed by atoms with E-state index in [2.05, 4.69) is 10.2 Å². The number of rotatable bonds is 6. The van der Waals surface area contributed by atoms with Crippen LogP contribution in [-0.4, -0.2) is 41.8 Å². The van der Waals surface area contributed by atoms with Gasteiger partial charge in [-0.3, -0.25) is 0 Å². The minimum atomic E-state index is -0.564.